The number of phenols is 2. The average Bonchev–Trinajstić information content (AvgIpc) is 3.28. The third-order valence-electron chi connectivity index (χ3n) is 4.36. The van der Waals surface area contributed by atoms with E-state index in [9.17, 15) is 15.0 Å². The zero-order valence-electron chi connectivity index (χ0n) is 15.4. The highest BCUT2D eigenvalue weighted by Gasteiger charge is 2.24. The molecule has 0 bridgehead atoms. The summed E-state index contributed by atoms with van der Waals surface area (Å²) in [7, 11) is 0. The van der Waals surface area contributed by atoms with Gasteiger partial charge in [-0.3, -0.25) is 4.79 Å². The van der Waals surface area contributed by atoms with Crippen molar-refractivity contribution in [2.75, 3.05) is 0 Å². The Bertz CT molecular complexity index is 945. The lowest BCUT2D eigenvalue weighted by Gasteiger charge is -2.12. The number of thiophene rings is 1. The molecule has 3 aromatic rings. The lowest BCUT2D eigenvalue weighted by molar-refractivity contribution is -0.120. The molecule has 0 aliphatic carbocycles. The third-order valence-corrected chi connectivity index (χ3v) is 5.04. The molecule has 7 heteroatoms. The Balaban J connectivity index is 2.13. The van der Waals surface area contributed by atoms with Crippen LogP contribution in [0.4, 0.5) is 0 Å². The van der Waals surface area contributed by atoms with Gasteiger partial charge in [0.2, 0.25) is 5.91 Å². The number of benzene rings is 1. The van der Waals surface area contributed by atoms with Crippen LogP contribution in [-0.2, 0) is 11.3 Å². The molecule has 0 aliphatic rings. The standard InChI is InChI=1S/C20H22N2O4S/c1-4-18(25)21-9-15-19(12-5-6-27-10-12)20(26-22-15)14-7-13(11(2)3)16(23)8-17(14)24/h5-8,10-11,23-24H,4,9H2,1-3H3,(H,21,25). The van der Waals surface area contributed by atoms with Gasteiger partial charge in [-0.05, 0) is 39.9 Å². The Morgan fingerprint density at radius 3 is 2.70 bits per heavy atom. The number of carbonyl (C=O) groups excluding carboxylic acids is 1. The van der Waals surface area contributed by atoms with Gasteiger partial charge in [-0.2, -0.15) is 11.3 Å². The van der Waals surface area contributed by atoms with E-state index in [0.29, 0.717) is 29.0 Å². The van der Waals surface area contributed by atoms with Crippen molar-refractivity contribution in [1.29, 1.82) is 0 Å². The van der Waals surface area contributed by atoms with Crippen LogP contribution >= 0.6 is 11.3 Å². The van der Waals surface area contributed by atoms with Gasteiger partial charge < -0.3 is 20.1 Å². The molecule has 0 spiro atoms. The summed E-state index contributed by atoms with van der Waals surface area (Å²) in [6.45, 7) is 5.94. The van der Waals surface area contributed by atoms with Crippen LogP contribution in [0, 0.1) is 0 Å². The first-order valence-corrected chi connectivity index (χ1v) is 9.70. The molecule has 0 radical (unpaired) electrons. The Morgan fingerprint density at radius 2 is 2.07 bits per heavy atom. The molecule has 27 heavy (non-hydrogen) atoms. The van der Waals surface area contributed by atoms with Crippen LogP contribution in [0.25, 0.3) is 22.5 Å². The van der Waals surface area contributed by atoms with Crippen molar-refractivity contribution in [3.63, 3.8) is 0 Å². The highest BCUT2D eigenvalue weighted by atomic mass is 32.1. The molecule has 1 amide bonds. The molecule has 0 aliphatic heterocycles. The lowest BCUT2D eigenvalue weighted by atomic mass is 9.95. The fourth-order valence-electron chi connectivity index (χ4n) is 2.88. The number of hydrogen-bond acceptors (Lipinski definition) is 6. The monoisotopic (exact) mass is 386 g/mol. The first kappa shape index (κ1) is 19.0. The molecule has 3 rings (SSSR count). The number of hydrogen-bond donors (Lipinski definition) is 3. The summed E-state index contributed by atoms with van der Waals surface area (Å²) in [5, 5.41) is 31.4. The van der Waals surface area contributed by atoms with E-state index in [1.165, 1.54) is 17.4 Å². The van der Waals surface area contributed by atoms with Crippen molar-refractivity contribution in [2.24, 2.45) is 0 Å². The maximum absolute atomic E-state index is 11.6. The zero-order chi connectivity index (χ0) is 19.6. The van der Waals surface area contributed by atoms with E-state index >= 15 is 0 Å². The summed E-state index contributed by atoms with van der Waals surface area (Å²) in [4.78, 5) is 11.6. The fraction of sp³-hybridized carbons (Fsp3) is 0.300. The minimum atomic E-state index is -0.0892. The second-order valence-electron chi connectivity index (χ2n) is 6.56. The number of carbonyl (C=O) groups is 1. The Morgan fingerprint density at radius 1 is 1.30 bits per heavy atom. The first-order valence-electron chi connectivity index (χ1n) is 8.76. The number of rotatable bonds is 6. The summed E-state index contributed by atoms with van der Waals surface area (Å²) in [6.07, 6.45) is 0.384. The normalized spacial score (nSPS) is 11.1. The smallest absolute Gasteiger partial charge is 0.220 e. The highest BCUT2D eigenvalue weighted by molar-refractivity contribution is 7.08. The number of amides is 1. The van der Waals surface area contributed by atoms with Gasteiger partial charge in [-0.15, -0.1) is 0 Å². The summed E-state index contributed by atoms with van der Waals surface area (Å²) in [5.74, 6) is 0.353. The van der Waals surface area contributed by atoms with Crippen molar-refractivity contribution >= 4 is 17.2 Å². The lowest BCUT2D eigenvalue weighted by Crippen LogP contribution is -2.21. The molecule has 142 valence electrons. The van der Waals surface area contributed by atoms with E-state index in [2.05, 4.69) is 10.5 Å². The summed E-state index contributed by atoms with van der Waals surface area (Å²) in [5.41, 5.74) is 3.37. The quantitative estimate of drug-likeness (QED) is 0.574. The molecule has 2 heterocycles. The van der Waals surface area contributed by atoms with Crippen molar-refractivity contribution in [2.45, 2.75) is 39.7 Å². The molecule has 3 N–H and O–H groups in total. The molecule has 0 atom stereocenters. The second-order valence-corrected chi connectivity index (χ2v) is 7.34. The minimum absolute atomic E-state index is 0.0401. The number of aromatic hydroxyl groups is 2. The third kappa shape index (κ3) is 3.83. The Hall–Kier alpha value is -2.80. The van der Waals surface area contributed by atoms with Gasteiger partial charge in [0.15, 0.2) is 5.76 Å². The molecular formula is C20H22N2O4S. The highest BCUT2D eigenvalue weighted by Crippen LogP contribution is 2.43. The van der Waals surface area contributed by atoms with Gasteiger partial charge in [-0.1, -0.05) is 25.9 Å². The van der Waals surface area contributed by atoms with Gasteiger partial charge in [0.25, 0.3) is 0 Å². The minimum Gasteiger partial charge on any atom is -0.508 e. The predicted molar refractivity (Wildman–Crippen MR) is 105 cm³/mol. The molecule has 6 nitrogen and oxygen atoms in total. The number of phenolic OH excluding ortho intramolecular Hbond substituents is 2. The maximum Gasteiger partial charge on any atom is 0.220 e. The van der Waals surface area contributed by atoms with Crippen molar-refractivity contribution in [3.8, 4) is 33.9 Å². The van der Waals surface area contributed by atoms with E-state index in [0.717, 1.165) is 11.1 Å². The maximum atomic E-state index is 11.6. The predicted octanol–water partition coefficient (Wildman–Crippen LogP) is 4.63. The van der Waals surface area contributed by atoms with E-state index < -0.39 is 0 Å². The van der Waals surface area contributed by atoms with E-state index in [1.807, 2.05) is 30.7 Å². The largest absolute Gasteiger partial charge is 0.508 e. The van der Waals surface area contributed by atoms with Crippen molar-refractivity contribution < 1.29 is 19.5 Å². The van der Waals surface area contributed by atoms with Crippen LogP contribution in [0.1, 0.15) is 44.4 Å². The molecule has 1 aromatic carbocycles. The number of nitrogens with one attached hydrogen (secondary N) is 1. The van der Waals surface area contributed by atoms with E-state index in [1.54, 1.807) is 13.0 Å². The van der Waals surface area contributed by atoms with Crippen molar-refractivity contribution in [1.82, 2.24) is 10.5 Å². The van der Waals surface area contributed by atoms with Gasteiger partial charge in [-0.25, -0.2) is 0 Å². The summed E-state index contributed by atoms with van der Waals surface area (Å²) in [6, 6.07) is 4.98. The zero-order valence-corrected chi connectivity index (χ0v) is 16.3. The molecule has 0 saturated carbocycles. The van der Waals surface area contributed by atoms with Gasteiger partial charge in [0, 0.05) is 12.5 Å². The van der Waals surface area contributed by atoms with Crippen LogP contribution in [0.15, 0.2) is 33.5 Å². The Labute approximate surface area is 161 Å². The molecule has 2 aromatic heterocycles. The summed E-state index contributed by atoms with van der Waals surface area (Å²) >= 11 is 1.53. The molecule has 0 fully saturated rings. The number of nitrogens with zero attached hydrogens (tertiary/aromatic N) is 1. The van der Waals surface area contributed by atoms with Crippen LogP contribution in [0.3, 0.4) is 0 Å². The van der Waals surface area contributed by atoms with Crippen LogP contribution in [0.2, 0.25) is 0 Å². The second kappa shape index (κ2) is 7.84. The SMILES string of the molecule is CCC(=O)NCc1noc(-c2cc(C(C)C)c(O)cc2O)c1-c1ccsc1. The number of aromatic nitrogens is 1. The Kier molecular flexibility index (Phi) is 5.51. The summed E-state index contributed by atoms with van der Waals surface area (Å²) < 4.78 is 5.59. The van der Waals surface area contributed by atoms with Crippen molar-refractivity contribution in [3.05, 3.63) is 40.2 Å². The molecule has 0 saturated heterocycles. The first-order chi connectivity index (χ1) is 12.9. The van der Waals surface area contributed by atoms with E-state index in [-0.39, 0.29) is 29.9 Å². The van der Waals surface area contributed by atoms with Gasteiger partial charge in [0.1, 0.15) is 17.2 Å². The van der Waals surface area contributed by atoms with Crippen LogP contribution < -0.4 is 5.32 Å². The fourth-order valence-corrected chi connectivity index (χ4v) is 3.52. The molecule has 0 unspecified atom stereocenters. The van der Waals surface area contributed by atoms with Gasteiger partial charge >= 0.3 is 0 Å². The van der Waals surface area contributed by atoms with Crippen LogP contribution in [-0.4, -0.2) is 21.3 Å². The van der Waals surface area contributed by atoms with Gasteiger partial charge in [0.05, 0.1) is 17.7 Å². The molecular weight excluding hydrogens is 364 g/mol. The topological polar surface area (TPSA) is 95.6 Å². The van der Waals surface area contributed by atoms with Crippen LogP contribution in [0.5, 0.6) is 11.5 Å². The van der Waals surface area contributed by atoms with E-state index in [4.69, 9.17) is 4.52 Å². The average molecular weight is 386 g/mol.